The van der Waals surface area contributed by atoms with Crippen molar-refractivity contribution in [3.8, 4) is 0 Å². The Kier molecular flexibility index (Phi) is 6.16. The first-order chi connectivity index (χ1) is 3.91. The number of allylic oxidation sites excluding steroid dienone is 1. The molecule has 0 aliphatic heterocycles. The largest absolute Gasteiger partial charge is 0.502 e. The minimum atomic E-state index is 0.778. The maximum absolute atomic E-state index is 4.96. The highest BCUT2D eigenvalue weighted by Gasteiger charge is 1.70. The smallest absolute Gasteiger partial charge is 0.0845 e. The van der Waals surface area contributed by atoms with Gasteiger partial charge in [0.25, 0.3) is 0 Å². The summed E-state index contributed by atoms with van der Waals surface area (Å²) in [4.78, 5) is 0. The van der Waals surface area contributed by atoms with Gasteiger partial charge in [-0.05, 0) is 19.4 Å². The van der Waals surface area contributed by atoms with Gasteiger partial charge < -0.3 is 4.74 Å². The van der Waals surface area contributed by atoms with E-state index in [-0.39, 0.29) is 0 Å². The lowest BCUT2D eigenvalue weighted by molar-refractivity contribution is 0.268. The first-order valence-corrected chi connectivity index (χ1v) is 3.18. The van der Waals surface area contributed by atoms with Crippen molar-refractivity contribution in [2.75, 3.05) is 6.61 Å². The van der Waals surface area contributed by atoms with Crippen LogP contribution >= 0.6 is 0 Å². The monoisotopic (exact) mass is 114 g/mol. The molecule has 0 radical (unpaired) electrons. The quantitative estimate of drug-likeness (QED) is 0.510. The Hall–Kier alpha value is -0.460. The van der Waals surface area contributed by atoms with Gasteiger partial charge in [0.05, 0.1) is 12.9 Å². The molecule has 0 fully saturated rings. The zero-order valence-electron chi connectivity index (χ0n) is 5.68. The van der Waals surface area contributed by atoms with Crippen molar-refractivity contribution in [1.29, 1.82) is 0 Å². The highest BCUT2D eigenvalue weighted by Crippen LogP contribution is 1.87. The van der Waals surface area contributed by atoms with Crippen LogP contribution in [-0.2, 0) is 4.74 Å². The summed E-state index contributed by atoms with van der Waals surface area (Å²) in [6, 6.07) is 0. The molecule has 0 saturated carbocycles. The van der Waals surface area contributed by atoms with Crippen LogP contribution in [0, 0.1) is 0 Å². The molecule has 0 aromatic heterocycles. The lowest BCUT2D eigenvalue weighted by atomic mass is 10.3. The summed E-state index contributed by atoms with van der Waals surface area (Å²) in [5.74, 6) is 0. The summed E-state index contributed by atoms with van der Waals surface area (Å²) >= 11 is 0. The molecule has 1 heteroatoms. The zero-order chi connectivity index (χ0) is 6.24. The topological polar surface area (TPSA) is 9.23 Å². The molecule has 0 heterocycles. The van der Waals surface area contributed by atoms with E-state index in [0.29, 0.717) is 0 Å². The lowest BCUT2D eigenvalue weighted by Crippen LogP contribution is -1.75. The van der Waals surface area contributed by atoms with Crippen LogP contribution in [0.2, 0.25) is 0 Å². The van der Waals surface area contributed by atoms with Crippen LogP contribution in [0.4, 0.5) is 0 Å². The van der Waals surface area contributed by atoms with E-state index in [1.54, 1.807) is 6.26 Å². The normalized spacial score (nSPS) is 10.2. The van der Waals surface area contributed by atoms with Crippen molar-refractivity contribution >= 4 is 0 Å². The molecule has 0 amide bonds. The van der Waals surface area contributed by atoms with Gasteiger partial charge in [-0.3, -0.25) is 0 Å². The van der Waals surface area contributed by atoms with Gasteiger partial charge in [-0.25, -0.2) is 0 Å². The molecule has 0 aliphatic rings. The minimum absolute atomic E-state index is 0.778. The molecule has 0 aliphatic carbocycles. The summed E-state index contributed by atoms with van der Waals surface area (Å²) in [7, 11) is 0. The first kappa shape index (κ1) is 7.54. The van der Waals surface area contributed by atoms with Crippen molar-refractivity contribution in [2.45, 2.75) is 26.7 Å². The predicted octanol–water partition coefficient (Wildman–Crippen LogP) is 2.34. The molecule has 0 aromatic carbocycles. The lowest BCUT2D eigenvalue weighted by Gasteiger charge is -1.89. The fourth-order valence-electron chi connectivity index (χ4n) is 0.399. The van der Waals surface area contributed by atoms with Crippen LogP contribution < -0.4 is 0 Å². The van der Waals surface area contributed by atoms with E-state index in [1.807, 2.05) is 13.0 Å². The van der Waals surface area contributed by atoms with Crippen LogP contribution in [-0.4, -0.2) is 6.61 Å². The minimum Gasteiger partial charge on any atom is -0.502 e. The Morgan fingerprint density at radius 2 is 2.12 bits per heavy atom. The number of unbranched alkanes of at least 4 members (excludes halogenated alkanes) is 1. The first-order valence-electron chi connectivity index (χ1n) is 3.18. The van der Waals surface area contributed by atoms with Crippen LogP contribution in [0.25, 0.3) is 0 Å². The SMILES string of the molecule is CCC/C=C\OCC. The third kappa shape index (κ3) is 5.54. The Morgan fingerprint density at radius 3 is 2.62 bits per heavy atom. The van der Waals surface area contributed by atoms with E-state index in [9.17, 15) is 0 Å². The summed E-state index contributed by atoms with van der Waals surface area (Å²) in [5.41, 5.74) is 0. The molecule has 0 spiro atoms. The highest BCUT2D eigenvalue weighted by molar-refractivity contribution is 4.71. The molecular formula is C7H14O. The average molecular weight is 114 g/mol. The third-order valence-corrected chi connectivity index (χ3v) is 0.814. The van der Waals surface area contributed by atoms with Gasteiger partial charge in [0, 0.05) is 0 Å². The van der Waals surface area contributed by atoms with Crippen LogP contribution in [0.3, 0.4) is 0 Å². The Morgan fingerprint density at radius 1 is 1.38 bits per heavy atom. The van der Waals surface area contributed by atoms with Gasteiger partial charge >= 0.3 is 0 Å². The number of rotatable bonds is 4. The van der Waals surface area contributed by atoms with E-state index in [2.05, 4.69) is 6.92 Å². The van der Waals surface area contributed by atoms with Gasteiger partial charge in [-0.15, -0.1) is 0 Å². The van der Waals surface area contributed by atoms with Crippen molar-refractivity contribution in [2.24, 2.45) is 0 Å². The summed E-state index contributed by atoms with van der Waals surface area (Å²) < 4.78 is 4.96. The van der Waals surface area contributed by atoms with Gasteiger partial charge in [0.2, 0.25) is 0 Å². The van der Waals surface area contributed by atoms with Crippen LogP contribution in [0.15, 0.2) is 12.3 Å². The second-order valence-corrected chi connectivity index (χ2v) is 1.62. The van der Waals surface area contributed by atoms with Crippen molar-refractivity contribution in [3.63, 3.8) is 0 Å². The Balaban J connectivity index is 2.83. The Labute approximate surface area is 51.4 Å². The Bertz CT molecular complexity index is 49.4. The molecule has 8 heavy (non-hydrogen) atoms. The van der Waals surface area contributed by atoms with Gasteiger partial charge in [0.1, 0.15) is 0 Å². The van der Waals surface area contributed by atoms with Gasteiger partial charge in [-0.1, -0.05) is 13.3 Å². The van der Waals surface area contributed by atoms with Crippen molar-refractivity contribution in [1.82, 2.24) is 0 Å². The maximum Gasteiger partial charge on any atom is 0.0845 e. The van der Waals surface area contributed by atoms with Gasteiger partial charge in [-0.2, -0.15) is 0 Å². The summed E-state index contributed by atoms with van der Waals surface area (Å²) in [6.45, 7) is 4.91. The van der Waals surface area contributed by atoms with E-state index in [4.69, 9.17) is 4.74 Å². The van der Waals surface area contributed by atoms with E-state index < -0.39 is 0 Å². The van der Waals surface area contributed by atoms with Crippen LogP contribution in [0.5, 0.6) is 0 Å². The second-order valence-electron chi connectivity index (χ2n) is 1.62. The van der Waals surface area contributed by atoms with Crippen molar-refractivity contribution in [3.05, 3.63) is 12.3 Å². The summed E-state index contributed by atoms with van der Waals surface area (Å²) in [5, 5.41) is 0. The standard InChI is InChI=1S/C7H14O/c1-3-5-6-7-8-4-2/h6-7H,3-5H2,1-2H3/b7-6-. The van der Waals surface area contributed by atoms with Crippen molar-refractivity contribution < 1.29 is 4.74 Å². The molecule has 0 bridgehead atoms. The maximum atomic E-state index is 4.96. The number of hydrogen-bond donors (Lipinski definition) is 0. The molecule has 48 valence electrons. The third-order valence-electron chi connectivity index (χ3n) is 0.814. The molecule has 0 atom stereocenters. The van der Waals surface area contributed by atoms with Crippen LogP contribution in [0.1, 0.15) is 26.7 Å². The summed E-state index contributed by atoms with van der Waals surface area (Å²) in [6.07, 6.45) is 6.14. The molecule has 0 rings (SSSR count). The number of ether oxygens (including phenoxy) is 1. The molecule has 0 unspecified atom stereocenters. The molecule has 0 aromatic rings. The molecule has 0 saturated heterocycles. The highest BCUT2D eigenvalue weighted by atomic mass is 16.5. The zero-order valence-corrected chi connectivity index (χ0v) is 5.68. The van der Waals surface area contributed by atoms with Gasteiger partial charge in [0.15, 0.2) is 0 Å². The van der Waals surface area contributed by atoms with E-state index >= 15 is 0 Å². The average Bonchev–Trinajstić information content (AvgIpc) is 1.81. The van der Waals surface area contributed by atoms with E-state index in [0.717, 1.165) is 13.0 Å². The molecule has 1 nitrogen and oxygen atoms in total. The molecule has 0 N–H and O–H groups in total. The fraction of sp³-hybridized carbons (Fsp3) is 0.714. The fourth-order valence-corrected chi connectivity index (χ4v) is 0.399. The van der Waals surface area contributed by atoms with E-state index in [1.165, 1.54) is 6.42 Å². The molecular weight excluding hydrogens is 100 g/mol. The predicted molar refractivity (Wildman–Crippen MR) is 35.7 cm³/mol. The second kappa shape index (κ2) is 6.54. The number of hydrogen-bond acceptors (Lipinski definition) is 1.